The van der Waals surface area contributed by atoms with E-state index in [0.29, 0.717) is 47.7 Å². The Morgan fingerprint density at radius 3 is 2.81 bits per heavy atom. The van der Waals surface area contributed by atoms with Crippen LogP contribution < -0.4 is 0 Å². The highest BCUT2D eigenvalue weighted by molar-refractivity contribution is 5.93. The average molecular weight is 410 g/mol. The number of pyridine rings is 2. The van der Waals surface area contributed by atoms with Crippen molar-refractivity contribution in [3.8, 4) is 34.9 Å². The second-order valence-electron chi connectivity index (χ2n) is 7.80. The van der Waals surface area contributed by atoms with Gasteiger partial charge in [0.15, 0.2) is 0 Å². The number of aromatic amines is 1. The van der Waals surface area contributed by atoms with Crippen LogP contribution in [-0.4, -0.2) is 35.1 Å². The molecule has 4 heterocycles. The summed E-state index contributed by atoms with van der Waals surface area (Å²) in [7, 11) is 0. The van der Waals surface area contributed by atoms with Crippen molar-refractivity contribution in [3.63, 3.8) is 0 Å². The summed E-state index contributed by atoms with van der Waals surface area (Å²) < 4.78 is 1.81. The molecule has 0 atom stereocenters. The van der Waals surface area contributed by atoms with E-state index in [2.05, 4.69) is 27.3 Å². The zero-order chi connectivity index (χ0) is 21.4. The number of aromatic nitrogens is 6. The van der Waals surface area contributed by atoms with Crippen molar-refractivity contribution in [1.29, 1.82) is 10.5 Å². The SMILES string of the molecule is N#CC[C@]1(n2ccc(-c3nc(-c4cc(CO)[nH]n4)cc4ncccc34)n2)C[C@H](C#N)C1. The third-order valence-corrected chi connectivity index (χ3v) is 5.82. The van der Waals surface area contributed by atoms with E-state index in [1.54, 1.807) is 12.3 Å². The lowest BCUT2D eigenvalue weighted by atomic mass is 9.67. The van der Waals surface area contributed by atoms with E-state index >= 15 is 0 Å². The number of nitriles is 2. The Labute approximate surface area is 177 Å². The number of hydrogen-bond acceptors (Lipinski definition) is 7. The van der Waals surface area contributed by atoms with Gasteiger partial charge in [-0.15, -0.1) is 0 Å². The minimum atomic E-state index is -0.447. The van der Waals surface area contributed by atoms with Crippen molar-refractivity contribution in [3.05, 3.63) is 48.4 Å². The number of aliphatic hydroxyl groups excluding tert-OH is 1. The number of rotatable bonds is 5. The summed E-state index contributed by atoms with van der Waals surface area (Å²) in [5.74, 6) is -0.0483. The zero-order valence-electron chi connectivity index (χ0n) is 16.5. The van der Waals surface area contributed by atoms with Crippen molar-refractivity contribution in [2.45, 2.75) is 31.4 Å². The highest BCUT2D eigenvalue weighted by Gasteiger charge is 2.46. The van der Waals surface area contributed by atoms with E-state index in [1.807, 2.05) is 35.1 Å². The lowest BCUT2D eigenvalue weighted by molar-refractivity contribution is 0.0884. The quantitative estimate of drug-likeness (QED) is 0.515. The van der Waals surface area contributed by atoms with E-state index in [0.717, 1.165) is 10.9 Å². The Kier molecular flexibility index (Phi) is 4.46. The van der Waals surface area contributed by atoms with Gasteiger partial charge in [0, 0.05) is 17.8 Å². The fourth-order valence-electron chi connectivity index (χ4n) is 4.20. The summed E-state index contributed by atoms with van der Waals surface area (Å²) in [4.78, 5) is 9.28. The monoisotopic (exact) mass is 410 g/mol. The molecule has 0 bridgehead atoms. The van der Waals surface area contributed by atoms with Gasteiger partial charge < -0.3 is 5.11 Å². The Hall–Kier alpha value is -4.08. The van der Waals surface area contributed by atoms with Crippen LogP contribution in [0.2, 0.25) is 0 Å². The summed E-state index contributed by atoms with van der Waals surface area (Å²) in [5.41, 5.74) is 3.45. The molecule has 2 N–H and O–H groups in total. The molecule has 0 amide bonds. The molecule has 0 aromatic carbocycles. The predicted molar refractivity (Wildman–Crippen MR) is 111 cm³/mol. The first-order valence-electron chi connectivity index (χ1n) is 9.90. The molecule has 0 saturated heterocycles. The van der Waals surface area contributed by atoms with E-state index < -0.39 is 5.54 Å². The van der Waals surface area contributed by atoms with Crippen molar-refractivity contribution in [1.82, 2.24) is 29.9 Å². The number of hydrogen-bond donors (Lipinski definition) is 2. The van der Waals surface area contributed by atoms with Gasteiger partial charge in [0.1, 0.15) is 17.1 Å². The van der Waals surface area contributed by atoms with Crippen LogP contribution in [0.25, 0.3) is 33.7 Å². The maximum Gasteiger partial charge on any atom is 0.111 e. The Bertz CT molecular complexity index is 1350. The Morgan fingerprint density at radius 2 is 2.06 bits per heavy atom. The predicted octanol–water partition coefficient (Wildman–Crippen LogP) is 2.92. The smallest absolute Gasteiger partial charge is 0.111 e. The summed E-state index contributed by atoms with van der Waals surface area (Å²) in [5, 5.41) is 40.5. The van der Waals surface area contributed by atoms with E-state index in [1.165, 1.54) is 0 Å². The minimum absolute atomic E-state index is 0.0483. The molecule has 5 rings (SSSR count). The second-order valence-corrected chi connectivity index (χ2v) is 7.80. The van der Waals surface area contributed by atoms with Crippen LogP contribution in [0.15, 0.2) is 42.7 Å². The number of fused-ring (bicyclic) bond motifs is 1. The third kappa shape index (κ3) is 3.12. The van der Waals surface area contributed by atoms with Crippen LogP contribution in [-0.2, 0) is 12.1 Å². The van der Waals surface area contributed by atoms with Gasteiger partial charge >= 0.3 is 0 Å². The molecule has 0 aliphatic heterocycles. The summed E-state index contributed by atoms with van der Waals surface area (Å²) in [6.07, 6.45) is 5.11. The maximum atomic E-state index is 9.33. The topological polar surface area (TPSA) is 140 Å². The van der Waals surface area contributed by atoms with Crippen LogP contribution in [0.4, 0.5) is 0 Å². The van der Waals surface area contributed by atoms with Crippen molar-refractivity contribution in [2.75, 3.05) is 0 Å². The number of H-pyrrole nitrogens is 1. The first kappa shape index (κ1) is 18.9. The third-order valence-electron chi connectivity index (χ3n) is 5.82. The summed E-state index contributed by atoms with van der Waals surface area (Å²) >= 11 is 0. The van der Waals surface area contributed by atoms with Gasteiger partial charge in [0.05, 0.1) is 53.5 Å². The molecule has 0 unspecified atom stereocenters. The summed E-state index contributed by atoms with van der Waals surface area (Å²) in [6, 6.07) is 13.8. The van der Waals surface area contributed by atoms with Crippen LogP contribution in [0.5, 0.6) is 0 Å². The summed E-state index contributed by atoms with van der Waals surface area (Å²) in [6.45, 7) is -0.138. The number of aliphatic hydroxyl groups is 1. The molecule has 4 aromatic rings. The van der Waals surface area contributed by atoms with Crippen LogP contribution in [0.1, 0.15) is 25.0 Å². The van der Waals surface area contributed by atoms with Gasteiger partial charge in [-0.05, 0) is 43.2 Å². The minimum Gasteiger partial charge on any atom is -0.390 e. The molecule has 0 spiro atoms. The molecule has 9 nitrogen and oxygen atoms in total. The lowest BCUT2D eigenvalue weighted by Gasteiger charge is -2.43. The first-order chi connectivity index (χ1) is 15.2. The van der Waals surface area contributed by atoms with Gasteiger partial charge in [0.2, 0.25) is 0 Å². The molecule has 0 radical (unpaired) electrons. The molecule has 1 fully saturated rings. The highest BCUT2D eigenvalue weighted by atomic mass is 16.3. The van der Waals surface area contributed by atoms with Gasteiger partial charge in [-0.2, -0.15) is 20.7 Å². The number of nitrogens with one attached hydrogen (secondary N) is 1. The molecule has 152 valence electrons. The average Bonchev–Trinajstić information content (AvgIpc) is 3.45. The van der Waals surface area contributed by atoms with E-state index in [-0.39, 0.29) is 12.5 Å². The molecular weight excluding hydrogens is 392 g/mol. The maximum absolute atomic E-state index is 9.33. The largest absolute Gasteiger partial charge is 0.390 e. The number of nitrogens with zero attached hydrogens (tertiary/aromatic N) is 7. The van der Waals surface area contributed by atoms with Gasteiger partial charge in [0.25, 0.3) is 0 Å². The van der Waals surface area contributed by atoms with Gasteiger partial charge in [-0.3, -0.25) is 14.8 Å². The normalized spacial score (nSPS) is 20.2. The first-order valence-corrected chi connectivity index (χ1v) is 9.90. The highest BCUT2D eigenvalue weighted by Crippen LogP contribution is 2.46. The molecule has 31 heavy (non-hydrogen) atoms. The van der Waals surface area contributed by atoms with Crippen LogP contribution in [0.3, 0.4) is 0 Å². The van der Waals surface area contributed by atoms with Crippen molar-refractivity contribution < 1.29 is 5.11 Å². The fourth-order valence-corrected chi connectivity index (χ4v) is 4.20. The van der Waals surface area contributed by atoms with Crippen LogP contribution >= 0.6 is 0 Å². The Morgan fingerprint density at radius 1 is 1.19 bits per heavy atom. The van der Waals surface area contributed by atoms with Crippen molar-refractivity contribution >= 4 is 10.9 Å². The Balaban J connectivity index is 1.61. The molecule has 9 heteroatoms. The van der Waals surface area contributed by atoms with Gasteiger partial charge in [-0.1, -0.05) is 0 Å². The van der Waals surface area contributed by atoms with Crippen molar-refractivity contribution in [2.24, 2.45) is 5.92 Å². The van der Waals surface area contributed by atoms with Crippen LogP contribution in [0, 0.1) is 28.6 Å². The standard InChI is InChI=1S/C22H18N8O/c23-5-4-22(10-14(11-22)12-24)30-7-3-17(29-30)21-16-2-1-6-25-18(16)9-19(26-21)20-8-15(13-31)27-28-20/h1-3,6-9,14,31H,4,10-11,13H2,(H,27,28)/t14-,22-. The van der Waals surface area contributed by atoms with E-state index in [4.69, 9.17) is 10.1 Å². The lowest BCUT2D eigenvalue weighted by Crippen LogP contribution is -2.46. The fraction of sp³-hybridized carbons (Fsp3) is 0.273. The molecule has 1 aliphatic carbocycles. The van der Waals surface area contributed by atoms with Gasteiger partial charge in [-0.25, -0.2) is 4.98 Å². The van der Waals surface area contributed by atoms with E-state index in [9.17, 15) is 15.6 Å². The molecular formula is C22H18N8O. The zero-order valence-corrected chi connectivity index (χ0v) is 16.5. The molecule has 1 saturated carbocycles. The molecule has 1 aliphatic rings. The molecule has 4 aromatic heterocycles. The second kappa shape index (κ2) is 7.31.